The highest BCUT2D eigenvalue weighted by Crippen LogP contribution is 2.19. The van der Waals surface area contributed by atoms with Crippen LogP contribution >= 0.6 is 0 Å². The van der Waals surface area contributed by atoms with Crippen molar-refractivity contribution >= 4 is 11.9 Å². The molecular formula is C25H42N6O. The van der Waals surface area contributed by atoms with Gasteiger partial charge in [0.1, 0.15) is 0 Å². The Bertz CT molecular complexity index is 757. The molecule has 1 unspecified atom stereocenters. The third kappa shape index (κ3) is 7.48. The number of nitrogens with one attached hydrogen (secondary N) is 2. The van der Waals surface area contributed by atoms with E-state index in [-0.39, 0.29) is 11.8 Å². The SMILES string of the molecule is CCNC(=NCc1cccc(CN2CCCC(C(N)=O)C2)c1)NC1CCN(C(C)C)CC1. The molecular weight excluding hydrogens is 400 g/mol. The van der Waals surface area contributed by atoms with Crippen LogP contribution < -0.4 is 16.4 Å². The van der Waals surface area contributed by atoms with Gasteiger partial charge in [-0.2, -0.15) is 0 Å². The predicted octanol–water partition coefficient (Wildman–Crippen LogP) is 2.31. The van der Waals surface area contributed by atoms with E-state index in [1.54, 1.807) is 0 Å². The maximum atomic E-state index is 11.6. The molecule has 3 rings (SSSR count). The summed E-state index contributed by atoms with van der Waals surface area (Å²) in [5, 5.41) is 7.05. The summed E-state index contributed by atoms with van der Waals surface area (Å²) in [5.74, 6) is 0.718. The zero-order valence-corrected chi connectivity index (χ0v) is 20.1. The Morgan fingerprint density at radius 2 is 1.94 bits per heavy atom. The van der Waals surface area contributed by atoms with E-state index in [0.29, 0.717) is 18.6 Å². The zero-order chi connectivity index (χ0) is 22.9. The lowest BCUT2D eigenvalue weighted by Crippen LogP contribution is -2.49. The molecule has 2 aliphatic rings. The van der Waals surface area contributed by atoms with E-state index < -0.39 is 0 Å². The second kappa shape index (κ2) is 12.2. The molecule has 2 fully saturated rings. The third-order valence-electron chi connectivity index (χ3n) is 6.67. The first-order chi connectivity index (χ1) is 15.4. The standard InChI is InChI=1S/C25H42N6O/c1-4-27-25(29-23-10-13-31(14-11-23)19(2)3)28-16-20-7-5-8-21(15-20)17-30-12-6-9-22(18-30)24(26)32/h5,7-8,15,19,22-23H,4,6,9-14,16-18H2,1-3H3,(H2,26,32)(H2,27,28,29). The number of amides is 1. The van der Waals surface area contributed by atoms with Crippen molar-refractivity contribution in [1.82, 2.24) is 20.4 Å². The van der Waals surface area contributed by atoms with Crippen LogP contribution in [0.1, 0.15) is 57.6 Å². The molecule has 0 aliphatic carbocycles. The lowest BCUT2D eigenvalue weighted by molar-refractivity contribution is -0.123. The molecule has 2 heterocycles. The van der Waals surface area contributed by atoms with Crippen LogP contribution in [0.25, 0.3) is 0 Å². The van der Waals surface area contributed by atoms with Crippen LogP contribution in [0.2, 0.25) is 0 Å². The molecule has 0 saturated carbocycles. The first-order valence-corrected chi connectivity index (χ1v) is 12.3. The van der Waals surface area contributed by atoms with Gasteiger partial charge >= 0.3 is 0 Å². The summed E-state index contributed by atoms with van der Waals surface area (Å²) in [6, 6.07) is 9.75. The number of hydrogen-bond donors (Lipinski definition) is 3. The van der Waals surface area contributed by atoms with Gasteiger partial charge in [-0.1, -0.05) is 24.3 Å². The van der Waals surface area contributed by atoms with Gasteiger partial charge in [0.05, 0.1) is 12.5 Å². The van der Waals surface area contributed by atoms with E-state index in [4.69, 9.17) is 10.7 Å². The largest absolute Gasteiger partial charge is 0.369 e. The molecule has 4 N–H and O–H groups in total. The minimum atomic E-state index is -0.170. The van der Waals surface area contributed by atoms with Crippen molar-refractivity contribution in [2.75, 3.05) is 32.7 Å². The Balaban J connectivity index is 1.55. The fourth-order valence-corrected chi connectivity index (χ4v) is 4.76. The molecule has 0 radical (unpaired) electrons. The van der Waals surface area contributed by atoms with Gasteiger partial charge in [-0.15, -0.1) is 0 Å². The number of rotatable bonds is 8. The number of carbonyl (C=O) groups excluding carboxylic acids is 1. The topological polar surface area (TPSA) is 86.0 Å². The zero-order valence-electron chi connectivity index (χ0n) is 20.1. The highest BCUT2D eigenvalue weighted by molar-refractivity contribution is 5.80. The first kappa shape index (κ1) is 24.5. The van der Waals surface area contributed by atoms with Crippen molar-refractivity contribution in [3.63, 3.8) is 0 Å². The molecule has 0 aromatic heterocycles. The Labute approximate surface area is 193 Å². The van der Waals surface area contributed by atoms with E-state index in [1.807, 2.05) is 0 Å². The highest BCUT2D eigenvalue weighted by Gasteiger charge is 2.24. The van der Waals surface area contributed by atoms with Gasteiger partial charge in [0, 0.05) is 44.8 Å². The fraction of sp³-hybridized carbons (Fsp3) is 0.680. The van der Waals surface area contributed by atoms with Gasteiger partial charge in [-0.25, -0.2) is 4.99 Å². The lowest BCUT2D eigenvalue weighted by atomic mass is 9.97. The maximum absolute atomic E-state index is 11.6. The van der Waals surface area contributed by atoms with Crippen LogP contribution in [-0.4, -0.2) is 66.5 Å². The molecule has 7 heteroatoms. The summed E-state index contributed by atoms with van der Waals surface area (Å²) in [5.41, 5.74) is 8.00. The summed E-state index contributed by atoms with van der Waals surface area (Å²) in [6.45, 7) is 13.1. The number of benzene rings is 1. The van der Waals surface area contributed by atoms with E-state index in [0.717, 1.165) is 70.9 Å². The summed E-state index contributed by atoms with van der Waals surface area (Å²) >= 11 is 0. The summed E-state index contributed by atoms with van der Waals surface area (Å²) in [6.07, 6.45) is 4.25. The molecule has 0 spiro atoms. The predicted molar refractivity (Wildman–Crippen MR) is 131 cm³/mol. The average molecular weight is 443 g/mol. The van der Waals surface area contributed by atoms with Crippen molar-refractivity contribution in [3.8, 4) is 0 Å². The van der Waals surface area contributed by atoms with Gasteiger partial charge in [-0.3, -0.25) is 9.69 Å². The van der Waals surface area contributed by atoms with Crippen LogP contribution in [-0.2, 0) is 17.9 Å². The highest BCUT2D eigenvalue weighted by atomic mass is 16.1. The molecule has 0 bridgehead atoms. The number of likely N-dealkylation sites (tertiary alicyclic amines) is 2. The van der Waals surface area contributed by atoms with E-state index in [1.165, 1.54) is 11.1 Å². The minimum Gasteiger partial charge on any atom is -0.369 e. The second-order valence-corrected chi connectivity index (χ2v) is 9.54. The number of hydrogen-bond acceptors (Lipinski definition) is 4. The van der Waals surface area contributed by atoms with Crippen LogP contribution in [0.3, 0.4) is 0 Å². The van der Waals surface area contributed by atoms with E-state index in [2.05, 4.69) is 65.5 Å². The molecule has 178 valence electrons. The van der Waals surface area contributed by atoms with Crippen molar-refractivity contribution in [2.45, 2.75) is 71.6 Å². The molecule has 32 heavy (non-hydrogen) atoms. The Morgan fingerprint density at radius 1 is 1.19 bits per heavy atom. The van der Waals surface area contributed by atoms with Crippen LogP contribution in [0.15, 0.2) is 29.3 Å². The number of aliphatic imine (C=N–C) groups is 1. The average Bonchev–Trinajstić information content (AvgIpc) is 2.78. The maximum Gasteiger partial charge on any atom is 0.221 e. The van der Waals surface area contributed by atoms with Crippen molar-refractivity contribution in [1.29, 1.82) is 0 Å². The van der Waals surface area contributed by atoms with Gasteiger partial charge in [0.15, 0.2) is 5.96 Å². The van der Waals surface area contributed by atoms with Crippen LogP contribution in [0.4, 0.5) is 0 Å². The van der Waals surface area contributed by atoms with Crippen LogP contribution in [0.5, 0.6) is 0 Å². The van der Waals surface area contributed by atoms with Crippen LogP contribution in [0, 0.1) is 5.92 Å². The quantitative estimate of drug-likeness (QED) is 0.425. The van der Waals surface area contributed by atoms with Gasteiger partial charge in [0.2, 0.25) is 5.91 Å². The lowest BCUT2D eigenvalue weighted by Gasteiger charge is -2.35. The number of nitrogens with two attached hydrogens (primary N) is 1. The van der Waals surface area contributed by atoms with E-state index in [9.17, 15) is 4.79 Å². The first-order valence-electron chi connectivity index (χ1n) is 12.3. The molecule has 1 atom stereocenters. The number of piperidine rings is 2. The number of primary amides is 1. The minimum absolute atomic E-state index is 0.0160. The Kier molecular flexibility index (Phi) is 9.36. The van der Waals surface area contributed by atoms with Gasteiger partial charge < -0.3 is 21.3 Å². The smallest absolute Gasteiger partial charge is 0.221 e. The van der Waals surface area contributed by atoms with Crippen molar-refractivity contribution < 1.29 is 4.79 Å². The molecule has 1 aromatic carbocycles. The second-order valence-electron chi connectivity index (χ2n) is 9.54. The summed E-state index contributed by atoms with van der Waals surface area (Å²) in [7, 11) is 0. The number of carbonyl (C=O) groups is 1. The fourth-order valence-electron chi connectivity index (χ4n) is 4.76. The molecule has 2 aliphatic heterocycles. The van der Waals surface area contributed by atoms with Crippen molar-refractivity contribution in [2.24, 2.45) is 16.6 Å². The number of guanidine groups is 1. The van der Waals surface area contributed by atoms with Crippen molar-refractivity contribution in [3.05, 3.63) is 35.4 Å². The van der Waals surface area contributed by atoms with E-state index >= 15 is 0 Å². The molecule has 7 nitrogen and oxygen atoms in total. The van der Waals surface area contributed by atoms with Gasteiger partial charge in [0.25, 0.3) is 0 Å². The molecule has 1 amide bonds. The summed E-state index contributed by atoms with van der Waals surface area (Å²) < 4.78 is 0. The molecule has 2 saturated heterocycles. The third-order valence-corrected chi connectivity index (χ3v) is 6.67. The Hall–Kier alpha value is -2.12. The molecule has 1 aromatic rings. The Morgan fingerprint density at radius 3 is 2.62 bits per heavy atom. The summed E-state index contributed by atoms with van der Waals surface area (Å²) in [4.78, 5) is 21.3. The monoisotopic (exact) mass is 442 g/mol. The normalized spacial score (nSPS) is 21.6. The number of nitrogens with zero attached hydrogens (tertiary/aromatic N) is 3. The van der Waals surface area contributed by atoms with Gasteiger partial charge in [-0.05, 0) is 64.1 Å².